The summed E-state index contributed by atoms with van der Waals surface area (Å²) in [4.78, 5) is 6.91. The minimum Gasteiger partial charge on any atom is -0.469 e. The van der Waals surface area contributed by atoms with E-state index in [4.69, 9.17) is 9.41 Å². The van der Waals surface area contributed by atoms with Crippen LogP contribution in [-0.4, -0.2) is 37.5 Å². The lowest BCUT2D eigenvalue weighted by Crippen LogP contribution is -2.40. The standard InChI is InChI=1S/C16H29N3O/c1-5-6-11-19(4)16(18-13-14(2)3)17-10-9-15-8-7-12-20-15/h7-8,12,14H,5-6,9-11,13H2,1-4H3,(H,17,18). The Bertz CT molecular complexity index is 371. The van der Waals surface area contributed by atoms with Crippen molar-refractivity contribution in [1.82, 2.24) is 10.2 Å². The molecule has 0 unspecified atom stereocenters. The number of nitrogens with zero attached hydrogens (tertiary/aromatic N) is 2. The highest BCUT2D eigenvalue weighted by Crippen LogP contribution is 2.01. The molecule has 0 atom stereocenters. The third-order valence-electron chi connectivity index (χ3n) is 3.05. The number of guanidine groups is 1. The Kier molecular flexibility index (Phi) is 7.85. The Balaban J connectivity index is 2.46. The predicted octanol–water partition coefficient (Wildman–Crippen LogP) is 3.16. The summed E-state index contributed by atoms with van der Waals surface area (Å²) in [6, 6.07) is 3.93. The number of aliphatic imine (C=N–C) groups is 1. The average molecular weight is 279 g/mol. The van der Waals surface area contributed by atoms with Gasteiger partial charge in [-0.3, -0.25) is 4.99 Å². The zero-order chi connectivity index (χ0) is 14.8. The average Bonchev–Trinajstić information content (AvgIpc) is 2.92. The molecule has 0 bridgehead atoms. The molecule has 0 spiro atoms. The normalized spacial score (nSPS) is 11.9. The SMILES string of the molecule is CCCCN(C)C(=NCC(C)C)NCCc1ccco1. The van der Waals surface area contributed by atoms with E-state index in [1.54, 1.807) is 6.26 Å². The van der Waals surface area contributed by atoms with Crippen LogP contribution >= 0.6 is 0 Å². The van der Waals surface area contributed by atoms with Crippen LogP contribution in [-0.2, 0) is 6.42 Å². The second-order valence-electron chi connectivity index (χ2n) is 5.59. The van der Waals surface area contributed by atoms with Gasteiger partial charge in [0.05, 0.1) is 6.26 Å². The molecule has 0 amide bonds. The van der Waals surface area contributed by atoms with Gasteiger partial charge in [-0.15, -0.1) is 0 Å². The van der Waals surface area contributed by atoms with Crippen molar-refractivity contribution in [2.45, 2.75) is 40.0 Å². The van der Waals surface area contributed by atoms with Crippen molar-refractivity contribution in [3.05, 3.63) is 24.2 Å². The van der Waals surface area contributed by atoms with Gasteiger partial charge in [-0.1, -0.05) is 27.2 Å². The molecule has 0 aliphatic carbocycles. The molecule has 4 nitrogen and oxygen atoms in total. The minimum absolute atomic E-state index is 0.580. The van der Waals surface area contributed by atoms with Gasteiger partial charge in [0.2, 0.25) is 0 Å². The fraction of sp³-hybridized carbons (Fsp3) is 0.688. The van der Waals surface area contributed by atoms with Crippen LogP contribution in [0.3, 0.4) is 0 Å². The van der Waals surface area contributed by atoms with Crippen LogP contribution in [0.25, 0.3) is 0 Å². The van der Waals surface area contributed by atoms with Gasteiger partial charge in [0, 0.05) is 33.1 Å². The number of nitrogens with one attached hydrogen (secondary N) is 1. The number of furan rings is 1. The smallest absolute Gasteiger partial charge is 0.193 e. The molecule has 0 fully saturated rings. The largest absolute Gasteiger partial charge is 0.469 e. The van der Waals surface area contributed by atoms with Crippen LogP contribution in [0.4, 0.5) is 0 Å². The second kappa shape index (κ2) is 9.45. The van der Waals surface area contributed by atoms with Crippen LogP contribution < -0.4 is 5.32 Å². The van der Waals surface area contributed by atoms with Crippen LogP contribution in [0.2, 0.25) is 0 Å². The Hall–Kier alpha value is -1.45. The maximum atomic E-state index is 5.35. The van der Waals surface area contributed by atoms with E-state index in [1.807, 2.05) is 12.1 Å². The molecule has 1 heterocycles. The third kappa shape index (κ3) is 6.64. The minimum atomic E-state index is 0.580. The number of hydrogen-bond acceptors (Lipinski definition) is 2. The summed E-state index contributed by atoms with van der Waals surface area (Å²) < 4.78 is 5.35. The fourth-order valence-corrected chi connectivity index (χ4v) is 1.83. The number of rotatable bonds is 8. The van der Waals surface area contributed by atoms with Gasteiger partial charge in [-0.05, 0) is 24.5 Å². The van der Waals surface area contributed by atoms with E-state index < -0.39 is 0 Å². The molecule has 1 aromatic heterocycles. The number of hydrogen-bond donors (Lipinski definition) is 1. The molecule has 0 saturated heterocycles. The van der Waals surface area contributed by atoms with E-state index in [0.717, 1.165) is 37.8 Å². The first-order chi connectivity index (χ1) is 9.63. The zero-order valence-electron chi connectivity index (χ0n) is 13.4. The van der Waals surface area contributed by atoms with E-state index in [0.29, 0.717) is 5.92 Å². The van der Waals surface area contributed by atoms with Gasteiger partial charge in [0.25, 0.3) is 0 Å². The molecule has 0 radical (unpaired) electrons. The molecule has 0 aliphatic rings. The topological polar surface area (TPSA) is 40.8 Å². The summed E-state index contributed by atoms with van der Waals surface area (Å²) in [5.74, 6) is 2.59. The predicted molar refractivity (Wildman–Crippen MR) is 85.1 cm³/mol. The van der Waals surface area contributed by atoms with Crippen molar-refractivity contribution in [1.29, 1.82) is 0 Å². The van der Waals surface area contributed by atoms with Crippen LogP contribution in [0.5, 0.6) is 0 Å². The summed E-state index contributed by atoms with van der Waals surface area (Å²) in [5, 5.41) is 3.44. The lowest BCUT2D eigenvalue weighted by Gasteiger charge is -2.22. The Morgan fingerprint density at radius 3 is 2.85 bits per heavy atom. The molecular weight excluding hydrogens is 250 g/mol. The quantitative estimate of drug-likeness (QED) is 0.587. The van der Waals surface area contributed by atoms with Crippen molar-refractivity contribution < 1.29 is 4.42 Å². The van der Waals surface area contributed by atoms with Gasteiger partial charge >= 0.3 is 0 Å². The Morgan fingerprint density at radius 1 is 1.45 bits per heavy atom. The third-order valence-corrected chi connectivity index (χ3v) is 3.05. The summed E-state index contributed by atoms with van der Waals surface area (Å²) in [5.41, 5.74) is 0. The zero-order valence-corrected chi connectivity index (χ0v) is 13.4. The molecule has 0 aliphatic heterocycles. The van der Waals surface area contributed by atoms with Gasteiger partial charge < -0.3 is 14.6 Å². The Morgan fingerprint density at radius 2 is 2.25 bits per heavy atom. The maximum absolute atomic E-state index is 5.35. The van der Waals surface area contributed by atoms with E-state index in [-0.39, 0.29) is 0 Å². The van der Waals surface area contributed by atoms with Gasteiger partial charge in [-0.2, -0.15) is 0 Å². The number of unbranched alkanes of at least 4 members (excludes halogenated alkanes) is 1. The molecule has 114 valence electrons. The first kappa shape index (κ1) is 16.6. The van der Waals surface area contributed by atoms with Crippen molar-refractivity contribution in [2.75, 3.05) is 26.7 Å². The van der Waals surface area contributed by atoms with Crippen molar-refractivity contribution >= 4 is 5.96 Å². The van der Waals surface area contributed by atoms with Crippen LogP contribution in [0.15, 0.2) is 27.8 Å². The van der Waals surface area contributed by atoms with E-state index >= 15 is 0 Å². The molecule has 1 aromatic rings. The first-order valence-electron chi connectivity index (χ1n) is 7.65. The lowest BCUT2D eigenvalue weighted by molar-refractivity contribution is 0.456. The molecule has 0 saturated carbocycles. The van der Waals surface area contributed by atoms with Gasteiger partial charge in [0.15, 0.2) is 5.96 Å². The summed E-state index contributed by atoms with van der Waals surface area (Å²) in [7, 11) is 2.11. The van der Waals surface area contributed by atoms with Crippen LogP contribution in [0.1, 0.15) is 39.4 Å². The highest BCUT2D eigenvalue weighted by Gasteiger charge is 2.06. The van der Waals surface area contributed by atoms with Crippen LogP contribution in [0, 0.1) is 5.92 Å². The monoisotopic (exact) mass is 279 g/mol. The van der Waals surface area contributed by atoms with E-state index in [1.165, 1.54) is 12.8 Å². The summed E-state index contributed by atoms with van der Waals surface area (Å²) in [6.45, 7) is 9.34. The summed E-state index contributed by atoms with van der Waals surface area (Å²) >= 11 is 0. The molecule has 1 N–H and O–H groups in total. The molecule has 20 heavy (non-hydrogen) atoms. The highest BCUT2D eigenvalue weighted by molar-refractivity contribution is 5.79. The van der Waals surface area contributed by atoms with E-state index in [2.05, 4.69) is 38.0 Å². The van der Waals surface area contributed by atoms with Crippen molar-refractivity contribution in [3.8, 4) is 0 Å². The highest BCUT2D eigenvalue weighted by atomic mass is 16.3. The molecule has 0 aromatic carbocycles. The van der Waals surface area contributed by atoms with Crippen molar-refractivity contribution in [2.24, 2.45) is 10.9 Å². The van der Waals surface area contributed by atoms with Gasteiger partial charge in [0.1, 0.15) is 5.76 Å². The summed E-state index contributed by atoms with van der Waals surface area (Å²) in [6.07, 6.45) is 5.00. The second-order valence-corrected chi connectivity index (χ2v) is 5.59. The molecular formula is C16H29N3O. The molecule has 4 heteroatoms. The van der Waals surface area contributed by atoms with Gasteiger partial charge in [-0.25, -0.2) is 0 Å². The lowest BCUT2D eigenvalue weighted by atomic mass is 10.2. The Labute approximate surface area is 123 Å². The first-order valence-corrected chi connectivity index (χ1v) is 7.65. The fourth-order valence-electron chi connectivity index (χ4n) is 1.83. The van der Waals surface area contributed by atoms with E-state index in [9.17, 15) is 0 Å². The van der Waals surface area contributed by atoms with Crippen molar-refractivity contribution in [3.63, 3.8) is 0 Å². The maximum Gasteiger partial charge on any atom is 0.193 e. The molecule has 1 rings (SSSR count).